The fourth-order valence-corrected chi connectivity index (χ4v) is 10.9. The molecule has 73 heavy (non-hydrogen) atoms. The third kappa shape index (κ3) is 16.3. The Morgan fingerprint density at radius 3 is 0.781 bits per heavy atom. The van der Waals surface area contributed by atoms with Crippen LogP contribution < -0.4 is 18.5 Å². The lowest BCUT2D eigenvalue weighted by Crippen LogP contribution is -2.19. The molecular formula is C60H88O11P2. The molecule has 10 bridgehead atoms. The van der Waals surface area contributed by atoms with E-state index >= 15 is 0 Å². The molecule has 1 aliphatic heterocycles. The Morgan fingerprint density at radius 1 is 0.342 bits per heavy atom. The van der Waals surface area contributed by atoms with E-state index in [1.54, 1.807) is 0 Å². The lowest BCUT2D eigenvalue weighted by molar-refractivity contribution is 0.00484. The fraction of sp³-hybridized carbons (Fsp3) is 0.600. The molecule has 4 aromatic carbocycles. The molecule has 0 aromatic heterocycles. The highest BCUT2D eigenvalue weighted by atomic mass is 31.2. The van der Waals surface area contributed by atoms with E-state index in [1.165, 1.54) is 22.3 Å². The van der Waals surface area contributed by atoms with Crippen LogP contribution in [0.5, 0.6) is 23.0 Å². The molecule has 0 atom stereocenters. The Balaban J connectivity index is 1.83. The summed E-state index contributed by atoms with van der Waals surface area (Å²) in [5.74, 6) is 3.12. The minimum Gasteiger partial charge on any atom is -0.491 e. The second-order valence-electron chi connectivity index (χ2n) is 23.0. The van der Waals surface area contributed by atoms with Gasteiger partial charge in [-0.25, -0.2) is 0 Å². The van der Waals surface area contributed by atoms with Gasteiger partial charge in [-0.15, -0.1) is 0 Å². The third-order valence-corrected chi connectivity index (χ3v) is 15.5. The molecule has 0 spiro atoms. The van der Waals surface area contributed by atoms with Crippen LogP contribution in [0.3, 0.4) is 0 Å². The molecule has 2 aliphatic rings. The van der Waals surface area contributed by atoms with Crippen LogP contribution in [0.2, 0.25) is 0 Å². The van der Waals surface area contributed by atoms with Gasteiger partial charge in [0, 0.05) is 25.7 Å². The molecule has 0 unspecified atom stereocenters. The number of fused-ring (bicyclic) bond motifs is 2. The summed E-state index contributed by atoms with van der Waals surface area (Å²) in [5, 5.41) is 0. The van der Waals surface area contributed by atoms with Crippen molar-refractivity contribution < 1.29 is 50.8 Å². The molecule has 1 aliphatic carbocycles. The van der Waals surface area contributed by atoms with Crippen molar-refractivity contribution >= 4 is 17.2 Å². The van der Waals surface area contributed by atoms with Crippen LogP contribution in [0.15, 0.2) is 48.5 Å². The first kappa shape index (κ1) is 58.9. The average molecular weight is 1050 g/mol. The molecular weight excluding hydrogens is 959 g/mol. The van der Waals surface area contributed by atoms with Gasteiger partial charge in [0.25, 0.3) is 0 Å². The maximum atomic E-state index is 7.15. The van der Waals surface area contributed by atoms with Crippen molar-refractivity contribution in [2.75, 3.05) is 79.3 Å². The minimum atomic E-state index is -1.75. The zero-order chi connectivity index (χ0) is 53.1. The highest BCUT2D eigenvalue weighted by Crippen LogP contribution is 2.50. The van der Waals surface area contributed by atoms with Crippen molar-refractivity contribution in [1.29, 1.82) is 0 Å². The summed E-state index contributed by atoms with van der Waals surface area (Å²) in [5.41, 5.74) is 12.2. The predicted molar refractivity (Wildman–Crippen MR) is 297 cm³/mol. The van der Waals surface area contributed by atoms with E-state index in [9.17, 15) is 0 Å². The summed E-state index contributed by atoms with van der Waals surface area (Å²) in [6.45, 7) is 40.2. The van der Waals surface area contributed by atoms with Gasteiger partial charge in [0.2, 0.25) is 0 Å². The molecule has 0 fully saturated rings. The summed E-state index contributed by atoms with van der Waals surface area (Å²) in [6.07, 6.45) is 2.00. The predicted octanol–water partition coefficient (Wildman–Crippen LogP) is 14.7. The van der Waals surface area contributed by atoms with Crippen LogP contribution in [0.25, 0.3) is 0 Å². The molecule has 1 heterocycles. The lowest BCUT2D eigenvalue weighted by atomic mass is 9.79. The zero-order valence-electron chi connectivity index (χ0n) is 47.3. The molecule has 0 N–H and O–H groups in total. The van der Waals surface area contributed by atoms with E-state index in [4.69, 9.17) is 50.8 Å². The van der Waals surface area contributed by atoms with Gasteiger partial charge >= 0.3 is 17.2 Å². The summed E-state index contributed by atoms with van der Waals surface area (Å²) >= 11 is 0. The van der Waals surface area contributed by atoms with Crippen LogP contribution in [-0.2, 0) is 79.6 Å². The fourth-order valence-electron chi connectivity index (χ4n) is 8.92. The van der Waals surface area contributed by atoms with E-state index in [2.05, 4.69) is 132 Å². The maximum absolute atomic E-state index is 7.15. The van der Waals surface area contributed by atoms with E-state index in [0.29, 0.717) is 105 Å². The summed E-state index contributed by atoms with van der Waals surface area (Å²) in [4.78, 5) is 0. The molecule has 0 radical (unpaired) electrons. The Kier molecular flexibility index (Phi) is 21.1. The quantitative estimate of drug-likeness (QED) is 0.112. The largest absolute Gasteiger partial charge is 0.491 e. The van der Waals surface area contributed by atoms with Crippen molar-refractivity contribution in [3.8, 4) is 23.0 Å². The molecule has 13 heteroatoms. The van der Waals surface area contributed by atoms with Crippen LogP contribution in [-0.4, -0.2) is 79.3 Å². The smallest absolute Gasteiger partial charge is 0.397 e. The SMILES string of the molecule is CCOP(OCC)Oc1c2cc(C(C)(C)C)cc1Cc1cc(C(C)(C)C)cc3c1OCCOCCOCCOCCOc1c(cc(C(C)(C)C)cc1Cc1cc(C(C)(C)C)cc(c1OP(OCC)OCC)C3)C2. The molecule has 6 rings (SSSR count). The zero-order valence-corrected chi connectivity index (χ0v) is 49.1. The first-order chi connectivity index (χ1) is 34.5. The normalized spacial score (nSPS) is 15.8. The Morgan fingerprint density at radius 2 is 0.562 bits per heavy atom. The van der Waals surface area contributed by atoms with Crippen molar-refractivity contribution in [3.63, 3.8) is 0 Å². The van der Waals surface area contributed by atoms with E-state index < -0.39 is 17.2 Å². The van der Waals surface area contributed by atoms with Crippen LogP contribution in [0.4, 0.5) is 0 Å². The van der Waals surface area contributed by atoms with Gasteiger partial charge in [-0.3, -0.25) is 0 Å². The Hall–Kier alpha value is -3.34. The lowest BCUT2D eigenvalue weighted by Gasteiger charge is -2.30. The van der Waals surface area contributed by atoms with Gasteiger partial charge in [-0.05, 0) is 116 Å². The average Bonchev–Trinajstić information content (AvgIpc) is 3.29. The molecule has 0 saturated carbocycles. The van der Waals surface area contributed by atoms with Crippen LogP contribution >= 0.6 is 17.2 Å². The molecule has 0 saturated heterocycles. The van der Waals surface area contributed by atoms with Crippen LogP contribution in [0.1, 0.15) is 178 Å². The first-order valence-electron chi connectivity index (χ1n) is 26.7. The number of ether oxygens (including phenoxy) is 5. The third-order valence-electron chi connectivity index (χ3n) is 12.9. The summed E-state index contributed by atoms with van der Waals surface area (Å²) in [7, 11) is -3.51. The molecule has 404 valence electrons. The van der Waals surface area contributed by atoms with Crippen LogP contribution in [0, 0.1) is 0 Å². The second-order valence-corrected chi connectivity index (χ2v) is 25.3. The highest BCUT2D eigenvalue weighted by molar-refractivity contribution is 7.42. The maximum Gasteiger partial charge on any atom is 0.397 e. The van der Waals surface area contributed by atoms with E-state index in [-0.39, 0.29) is 21.7 Å². The van der Waals surface area contributed by atoms with Gasteiger partial charge < -0.3 is 50.8 Å². The minimum absolute atomic E-state index is 0.210. The van der Waals surface area contributed by atoms with Gasteiger partial charge in [0.05, 0.1) is 66.1 Å². The van der Waals surface area contributed by atoms with Crippen molar-refractivity contribution in [2.24, 2.45) is 0 Å². The number of hydrogen-bond acceptors (Lipinski definition) is 11. The van der Waals surface area contributed by atoms with Crippen molar-refractivity contribution in [2.45, 2.75) is 158 Å². The first-order valence-corrected chi connectivity index (χ1v) is 28.8. The van der Waals surface area contributed by atoms with Gasteiger partial charge in [-0.2, -0.15) is 0 Å². The molecule has 4 aromatic rings. The molecule has 11 nitrogen and oxygen atoms in total. The Bertz CT molecular complexity index is 2150. The van der Waals surface area contributed by atoms with E-state index in [0.717, 1.165) is 67.5 Å². The van der Waals surface area contributed by atoms with Gasteiger partial charge in [-0.1, -0.05) is 132 Å². The van der Waals surface area contributed by atoms with E-state index in [1.807, 2.05) is 27.7 Å². The van der Waals surface area contributed by atoms with Gasteiger partial charge in [0.1, 0.15) is 36.2 Å². The van der Waals surface area contributed by atoms with Crippen molar-refractivity contribution in [3.05, 3.63) is 115 Å². The monoisotopic (exact) mass is 1050 g/mol. The van der Waals surface area contributed by atoms with Crippen molar-refractivity contribution in [1.82, 2.24) is 0 Å². The standard InChI is InChI=1S/C60H88O11P2/c1-17-66-72(67-18-2)70-55-45-29-41-33-49(57(5,6)7)35-43-31-47-39-52(60(14,15)16)40-48(56(47)71-73(68-19-3)69-20-4)32-44-36-50(58(8,9)10)34-42(30-46(55)38-51(37-45)59(11,12)13)54(44)65-28-26-63-24-22-61-21-23-62-25-27-64-53(41)43/h33-40H,17-32H2,1-16H3. The summed E-state index contributed by atoms with van der Waals surface area (Å²) in [6, 6.07) is 18.6. The highest BCUT2D eigenvalue weighted by Gasteiger charge is 2.31. The number of benzene rings is 4. The Labute approximate surface area is 441 Å². The molecule has 0 amide bonds. The number of hydrogen-bond donors (Lipinski definition) is 0. The summed E-state index contributed by atoms with van der Waals surface area (Å²) < 4.78 is 71.8. The number of rotatable bonds is 12. The van der Waals surface area contributed by atoms with Gasteiger partial charge in [0.15, 0.2) is 0 Å². The topological polar surface area (TPSA) is 102 Å². The second kappa shape index (κ2) is 26.1.